The van der Waals surface area contributed by atoms with Crippen molar-refractivity contribution in [2.24, 2.45) is 10.9 Å². The lowest BCUT2D eigenvalue weighted by Crippen LogP contribution is -2.22. The van der Waals surface area contributed by atoms with Crippen LogP contribution in [0.25, 0.3) is 11.4 Å². The monoisotopic (exact) mass is 397 g/mol. The standard InChI is InChI=1S/C26H25N2S/c1-2-9-22(18-19-14-16-23(29)17-15-19)26-27-24(20-10-5-3-6-11-20)25(28-26)21-12-7-4-8-13-21/h3-8,10-16,22H,2,9,17-18H2,1H3. The van der Waals surface area contributed by atoms with Crippen LogP contribution in [0, 0.1) is 5.92 Å². The molecular formula is C26H25N2S. The molecule has 1 aliphatic heterocycles. The fraction of sp³-hybridized carbons (Fsp3) is 0.231. The molecule has 29 heavy (non-hydrogen) atoms. The van der Waals surface area contributed by atoms with E-state index < -0.39 is 0 Å². The SMILES string of the molecule is CCCC(CC1=CCC(=S)C=C1)C1=NC(c2ccccc2)=C(c2ccccc2)[N]1. The lowest BCUT2D eigenvalue weighted by molar-refractivity contribution is 0.601. The third kappa shape index (κ3) is 4.63. The zero-order valence-electron chi connectivity index (χ0n) is 16.7. The summed E-state index contributed by atoms with van der Waals surface area (Å²) in [6.07, 6.45) is 10.5. The summed E-state index contributed by atoms with van der Waals surface area (Å²) in [7, 11) is 0. The molecule has 0 bridgehead atoms. The molecule has 0 amide bonds. The van der Waals surface area contributed by atoms with Gasteiger partial charge in [0.05, 0.1) is 11.4 Å². The topological polar surface area (TPSA) is 26.5 Å². The average Bonchev–Trinajstić information content (AvgIpc) is 3.22. The van der Waals surface area contributed by atoms with Crippen LogP contribution in [0.3, 0.4) is 0 Å². The van der Waals surface area contributed by atoms with Gasteiger partial charge < -0.3 is 0 Å². The van der Waals surface area contributed by atoms with Crippen LogP contribution in [0.2, 0.25) is 0 Å². The van der Waals surface area contributed by atoms with Gasteiger partial charge in [-0.2, -0.15) is 0 Å². The van der Waals surface area contributed by atoms with Crippen molar-refractivity contribution in [1.82, 2.24) is 5.32 Å². The first-order chi connectivity index (χ1) is 14.2. The molecule has 1 radical (unpaired) electrons. The van der Waals surface area contributed by atoms with E-state index in [2.05, 4.69) is 73.7 Å². The fourth-order valence-corrected chi connectivity index (χ4v) is 3.96. The number of aliphatic imine (C=N–C) groups is 1. The number of amidine groups is 1. The van der Waals surface area contributed by atoms with Crippen LogP contribution in [0.4, 0.5) is 0 Å². The highest BCUT2D eigenvalue weighted by molar-refractivity contribution is 7.80. The molecule has 0 N–H and O–H groups in total. The van der Waals surface area contributed by atoms with Crippen LogP contribution >= 0.6 is 12.2 Å². The Bertz CT molecular complexity index is 998. The van der Waals surface area contributed by atoms with Crippen LogP contribution in [-0.4, -0.2) is 10.7 Å². The number of hydrogen-bond acceptors (Lipinski definition) is 2. The summed E-state index contributed by atoms with van der Waals surface area (Å²) in [5.41, 5.74) is 5.51. The smallest absolute Gasteiger partial charge is 0.133 e. The van der Waals surface area contributed by atoms with Crippen molar-refractivity contribution < 1.29 is 0 Å². The third-order valence-electron chi connectivity index (χ3n) is 5.30. The quantitative estimate of drug-likeness (QED) is 0.484. The number of thiocarbonyl (C=S) groups is 1. The second-order valence-corrected chi connectivity index (χ2v) is 8.01. The minimum Gasteiger partial charge on any atom is -0.230 e. The molecule has 2 aromatic carbocycles. The van der Waals surface area contributed by atoms with E-state index in [1.54, 1.807) is 0 Å². The summed E-state index contributed by atoms with van der Waals surface area (Å²) in [5.74, 6) is 1.26. The first-order valence-electron chi connectivity index (χ1n) is 10.3. The van der Waals surface area contributed by atoms with Gasteiger partial charge in [0.25, 0.3) is 0 Å². The highest BCUT2D eigenvalue weighted by Gasteiger charge is 2.27. The molecule has 1 aliphatic carbocycles. The molecule has 4 rings (SSSR count). The number of nitrogens with zero attached hydrogens (tertiary/aromatic N) is 2. The van der Waals surface area contributed by atoms with Crippen molar-refractivity contribution in [2.75, 3.05) is 0 Å². The van der Waals surface area contributed by atoms with Crippen molar-refractivity contribution in [2.45, 2.75) is 32.6 Å². The van der Waals surface area contributed by atoms with E-state index in [1.807, 2.05) is 12.1 Å². The van der Waals surface area contributed by atoms with Gasteiger partial charge >= 0.3 is 0 Å². The lowest BCUT2D eigenvalue weighted by atomic mass is 9.91. The molecule has 0 saturated carbocycles. The molecule has 1 heterocycles. The van der Waals surface area contributed by atoms with Crippen LogP contribution in [0.5, 0.6) is 0 Å². The highest BCUT2D eigenvalue weighted by atomic mass is 32.1. The van der Waals surface area contributed by atoms with Crippen molar-refractivity contribution in [3.05, 3.63) is 95.6 Å². The highest BCUT2D eigenvalue weighted by Crippen LogP contribution is 2.34. The number of hydrogen-bond donors (Lipinski definition) is 0. The number of benzene rings is 2. The second-order valence-electron chi connectivity index (χ2n) is 7.48. The predicted octanol–water partition coefficient (Wildman–Crippen LogP) is 6.59. The maximum atomic E-state index is 5.29. The molecule has 145 valence electrons. The molecule has 0 aromatic heterocycles. The van der Waals surface area contributed by atoms with Crippen molar-refractivity contribution in [3.8, 4) is 0 Å². The Labute approximate surface area is 178 Å². The normalized spacial score (nSPS) is 17.1. The Kier molecular flexibility index (Phi) is 6.16. The zero-order valence-corrected chi connectivity index (χ0v) is 17.5. The maximum absolute atomic E-state index is 5.29. The molecule has 2 nitrogen and oxygen atoms in total. The summed E-state index contributed by atoms with van der Waals surface area (Å²) < 4.78 is 0. The first-order valence-corrected chi connectivity index (χ1v) is 10.7. The van der Waals surface area contributed by atoms with Crippen LogP contribution in [0.1, 0.15) is 43.7 Å². The van der Waals surface area contributed by atoms with Gasteiger partial charge in [-0.15, -0.1) is 0 Å². The third-order valence-corrected chi connectivity index (χ3v) is 5.61. The average molecular weight is 398 g/mol. The predicted molar refractivity (Wildman–Crippen MR) is 127 cm³/mol. The summed E-state index contributed by atoms with van der Waals surface area (Å²) in [5, 5.41) is 5.07. The van der Waals surface area contributed by atoms with Gasteiger partial charge in [-0.05, 0) is 18.9 Å². The van der Waals surface area contributed by atoms with Crippen LogP contribution in [-0.2, 0) is 0 Å². The van der Waals surface area contributed by atoms with E-state index in [4.69, 9.17) is 22.5 Å². The van der Waals surface area contributed by atoms with Gasteiger partial charge in [0.1, 0.15) is 5.84 Å². The molecule has 1 atom stereocenters. The number of allylic oxidation sites excluding steroid dienone is 4. The van der Waals surface area contributed by atoms with Crippen LogP contribution < -0.4 is 5.32 Å². The second kappa shape index (κ2) is 9.15. The Morgan fingerprint density at radius 2 is 1.55 bits per heavy atom. The molecule has 0 fully saturated rings. The van der Waals surface area contributed by atoms with Crippen molar-refractivity contribution in [1.29, 1.82) is 0 Å². The van der Waals surface area contributed by atoms with E-state index in [0.29, 0.717) is 5.92 Å². The number of rotatable bonds is 7. The van der Waals surface area contributed by atoms with E-state index in [9.17, 15) is 0 Å². The molecule has 0 spiro atoms. The van der Waals surface area contributed by atoms with Crippen molar-refractivity contribution in [3.63, 3.8) is 0 Å². The van der Waals surface area contributed by atoms with Crippen molar-refractivity contribution >= 4 is 34.3 Å². The molecule has 2 aromatic rings. The Hall–Kier alpha value is -2.78. The summed E-state index contributed by atoms with van der Waals surface area (Å²) in [6.45, 7) is 2.23. The Balaban J connectivity index is 1.65. The minimum absolute atomic E-state index is 0.308. The molecule has 0 saturated heterocycles. The minimum atomic E-state index is 0.308. The summed E-state index contributed by atoms with van der Waals surface area (Å²) in [6, 6.07) is 20.8. The first kappa shape index (κ1) is 19.5. The van der Waals surface area contributed by atoms with Gasteiger partial charge in [-0.25, -0.2) is 10.3 Å². The molecular weight excluding hydrogens is 372 g/mol. The van der Waals surface area contributed by atoms with E-state index in [-0.39, 0.29) is 0 Å². The molecule has 1 unspecified atom stereocenters. The Morgan fingerprint density at radius 3 is 2.14 bits per heavy atom. The summed E-state index contributed by atoms with van der Waals surface area (Å²) in [4.78, 5) is 6.07. The zero-order chi connectivity index (χ0) is 20.1. The van der Waals surface area contributed by atoms with E-state index in [1.165, 1.54) is 5.57 Å². The lowest BCUT2D eigenvalue weighted by Gasteiger charge is -2.18. The Morgan fingerprint density at radius 1 is 0.897 bits per heavy atom. The fourth-order valence-electron chi connectivity index (χ4n) is 3.81. The van der Waals surface area contributed by atoms with Crippen LogP contribution in [0.15, 0.2) is 89.5 Å². The van der Waals surface area contributed by atoms with Gasteiger partial charge in [0.15, 0.2) is 0 Å². The largest absolute Gasteiger partial charge is 0.230 e. The van der Waals surface area contributed by atoms with Gasteiger partial charge in [0.2, 0.25) is 0 Å². The maximum Gasteiger partial charge on any atom is 0.133 e. The summed E-state index contributed by atoms with van der Waals surface area (Å²) >= 11 is 5.29. The van der Waals surface area contributed by atoms with Gasteiger partial charge in [-0.3, -0.25) is 0 Å². The van der Waals surface area contributed by atoms with E-state index >= 15 is 0 Å². The van der Waals surface area contributed by atoms with Gasteiger partial charge in [-0.1, -0.05) is 104 Å². The molecule has 2 aliphatic rings. The molecule has 3 heteroatoms. The van der Waals surface area contributed by atoms with E-state index in [0.717, 1.165) is 58.9 Å². The van der Waals surface area contributed by atoms with Gasteiger partial charge in [0, 0.05) is 28.3 Å².